The van der Waals surface area contributed by atoms with E-state index in [9.17, 15) is 4.79 Å². The van der Waals surface area contributed by atoms with Crippen molar-refractivity contribution >= 4 is 66.8 Å². The van der Waals surface area contributed by atoms with Gasteiger partial charge in [0.05, 0.1) is 21.8 Å². The number of rotatable bonds is 4. The minimum absolute atomic E-state index is 0.0981. The lowest BCUT2D eigenvalue weighted by Crippen LogP contribution is -2.31. The zero-order valence-electron chi connectivity index (χ0n) is 14.0. The summed E-state index contributed by atoms with van der Waals surface area (Å²) in [6, 6.07) is 17.0. The fourth-order valence-electron chi connectivity index (χ4n) is 2.70. The summed E-state index contributed by atoms with van der Waals surface area (Å²) in [7, 11) is 0. The molecule has 0 spiro atoms. The van der Waals surface area contributed by atoms with Gasteiger partial charge in [-0.2, -0.15) is 0 Å². The monoisotopic (exact) mass is 505 g/mol. The maximum absolute atomic E-state index is 13.4. The molecule has 4 rings (SSSR count). The molecule has 7 heteroatoms. The van der Waals surface area contributed by atoms with Crippen LogP contribution in [0.2, 0.25) is 5.02 Å². The standard InChI is InChI=1S/C20H13ClIN3OS/c21-15-7-3-9-17-18(15)24-20(27-17)25(12-13-5-4-10-23-11-13)19(26)14-6-1-2-8-16(14)22/h1-11H,12H2. The van der Waals surface area contributed by atoms with E-state index in [0.29, 0.717) is 27.8 Å². The number of nitrogens with zero attached hydrogens (tertiary/aromatic N) is 3. The Balaban J connectivity index is 1.81. The Hall–Kier alpha value is -2.03. The third kappa shape index (κ3) is 3.83. The number of para-hydroxylation sites is 1. The number of carbonyl (C=O) groups is 1. The summed E-state index contributed by atoms with van der Waals surface area (Å²) in [6.07, 6.45) is 3.48. The van der Waals surface area contributed by atoms with Crippen LogP contribution in [-0.4, -0.2) is 15.9 Å². The van der Waals surface area contributed by atoms with Gasteiger partial charge in [0, 0.05) is 16.0 Å². The Morgan fingerprint density at radius 2 is 1.96 bits per heavy atom. The molecule has 0 aliphatic heterocycles. The minimum atomic E-state index is -0.0981. The number of pyridine rings is 1. The maximum Gasteiger partial charge on any atom is 0.261 e. The van der Waals surface area contributed by atoms with Crippen molar-refractivity contribution in [2.45, 2.75) is 6.54 Å². The van der Waals surface area contributed by atoms with Gasteiger partial charge in [-0.1, -0.05) is 47.2 Å². The first-order chi connectivity index (χ1) is 13.1. The van der Waals surface area contributed by atoms with Crippen molar-refractivity contribution < 1.29 is 4.79 Å². The van der Waals surface area contributed by atoms with Crippen LogP contribution in [-0.2, 0) is 6.54 Å². The average molecular weight is 506 g/mol. The van der Waals surface area contributed by atoms with Crippen LogP contribution < -0.4 is 4.90 Å². The summed E-state index contributed by atoms with van der Waals surface area (Å²) in [4.78, 5) is 23.9. The number of halogens is 2. The van der Waals surface area contributed by atoms with Crippen LogP contribution in [0.25, 0.3) is 10.2 Å². The smallest absolute Gasteiger partial charge is 0.261 e. The minimum Gasteiger partial charge on any atom is -0.279 e. The van der Waals surface area contributed by atoms with E-state index >= 15 is 0 Å². The van der Waals surface area contributed by atoms with Gasteiger partial charge in [0.1, 0.15) is 5.52 Å². The summed E-state index contributed by atoms with van der Waals surface area (Å²) in [5, 5.41) is 1.20. The van der Waals surface area contributed by atoms with Gasteiger partial charge in [0.15, 0.2) is 5.13 Å². The van der Waals surface area contributed by atoms with Crippen molar-refractivity contribution in [1.29, 1.82) is 0 Å². The van der Waals surface area contributed by atoms with Crippen LogP contribution in [0.1, 0.15) is 15.9 Å². The number of thiazole rings is 1. The molecule has 0 radical (unpaired) electrons. The number of amides is 1. The summed E-state index contributed by atoms with van der Waals surface area (Å²) in [5.41, 5.74) is 2.29. The molecule has 2 aromatic heterocycles. The van der Waals surface area contributed by atoms with E-state index in [0.717, 1.165) is 13.8 Å². The molecule has 134 valence electrons. The van der Waals surface area contributed by atoms with E-state index < -0.39 is 0 Å². The van der Waals surface area contributed by atoms with E-state index in [4.69, 9.17) is 11.6 Å². The lowest BCUT2D eigenvalue weighted by Gasteiger charge is -2.20. The molecule has 0 saturated carbocycles. The SMILES string of the molecule is O=C(c1ccccc1I)N(Cc1cccnc1)c1nc2c(Cl)cccc2s1. The van der Waals surface area contributed by atoms with Crippen molar-refractivity contribution in [1.82, 2.24) is 9.97 Å². The number of fused-ring (bicyclic) bond motifs is 1. The molecule has 4 nitrogen and oxygen atoms in total. The molecule has 4 aromatic rings. The second kappa shape index (κ2) is 7.92. The number of benzene rings is 2. The van der Waals surface area contributed by atoms with E-state index in [2.05, 4.69) is 32.6 Å². The third-order valence-electron chi connectivity index (χ3n) is 4.00. The van der Waals surface area contributed by atoms with Crippen LogP contribution in [0, 0.1) is 3.57 Å². The highest BCUT2D eigenvalue weighted by Crippen LogP contribution is 2.34. The molecule has 0 aliphatic rings. The molecule has 2 heterocycles. The highest BCUT2D eigenvalue weighted by molar-refractivity contribution is 14.1. The van der Waals surface area contributed by atoms with Crippen molar-refractivity contribution in [2.24, 2.45) is 0 Å². The van der Waals surface area contributed by atoms with E-state index in [1.54, 1.807) is 23.4 Å². The summed E-state index contributed by atoms with van der Waals surface area (Å²) in [5.74, 6) is -0.0981. The zero-order chi connectivity index (χ0) is 18.8. The predicted molar refractivity (Wildman–Crippen MR) is 119 cm³/mol. The molecule has 2 aromatic carbocycles. The first-order valence-corrected chi connectivity index (χ1v) is 10.4. The number of aromatic nitrogens is 2. The Morgan fingerprint density at radius 1 is 1.11 bits per heavy atom. The molecular formula is C20H13ClIN3OS. The zero-order valence-corrected chi connectivity index (χ0v) is 17.7. The predicted octanol–water partition coefficient (Wildman–Crippen LogP) is 5.80. The average Bonchev–Trinajstić information content (AvgIpc) is 3.12. The van der Waals surface area contributed by atoms with Gasteiger partial charge in [-0.25, -0.2) is 4.98 Å². The quantitative estimate of drug-likeness (QED) is 0.330. The molecule has 0 atom stereocenters. The third-order valence-corrected chi connectivity index (χ3v) is 6.29. The van der Waals surface area contributed by atoms with Gasteiger partial charge >= 0.3 is 0 Å². The molecule has 0 N–H and O–H groups in total. The van der Waals surface area contributed by atoms with Crippen molar-refractivity contribution in [3.05, 3.63) is 86.7 Å². The molecule has 0 saturated heterocycles. The van der Waals surface area contributed by atoms with Crippen LogP contribution in [0.15, 0.2) is 67.0 Å². The highest BCUT2D eigenvalue weighted by Gasteiger charge is 2.23. The second-order valence-corrected chi connectivity index (χ2v) is 8.39. The number of hydrogen-bond donors (Lipinski definition) is 0. The van der Waals surface area contributed by atoms with Crippen LogP contribution >= 0.6 is 45.5 Å². The van der Waals surface area contributed by atoms with Crippen LogP contribution in [0.3, 0.4) is 0 Å². The van der Waals surface area contributed by atoms with Crippen molar-refractivity contribution in [3.63, 3.8) is 0 Å². The fourth-order valence-corrected chi connectivity index (χ4v) is 4.58. The van der Waals surface area contributed by atoms with Gasteiger partial charge in [-0.15, -0.1) is 0 Å². The van der Waals surface area contributed by atoms with Crippen molar-refractivity contribution in [2.75, 3.05) is 4.90 Å². The lowest BCUT2D eigenvalue weighted by molar-refractivity contribution is 0.0984. The van der Waals surface area contributed by atoms with Gasteiger partial charge in [-0.05, 0) is 58.5 Å². The first-order valence-electron chi connectivity index (χ1n) is 8.14. The topological polar surface area (TPSA) is 46.1 Å². The van der Waals surface area contributed by atoms with Crippen molar-refractivity contribution in [3.8, 4) is 0 Å². The van der Waals surface area contributed by atoms with E-state index in [-0.39, 0.29) is 5.91 Å². The van der Waals surface area contributed by atoms with E-state index in [1.807, 2.05) is 48.5 Å². The fraction of sp³-hybridized carbons (Fsp3) is 0.0500. The first kappa shape index (κ1) is 18.3. The van der Waals surface area contributed by atoms with E-state index in [1.165, 1.54) is 11.3 Å². The molecule has 0 aliphatic carbocycles. The molecule has 27 heavy (non-hydrogen) atoms. The normalized spacial score (nSPS) is 10.9. The van der Waals surface area contributed by atoms with Gasteiger partial charge in [0.2, 0.25) is 0 Å². The molecule has 0 unspecified atom stereocenters. The van der Waals surface area contributed by atoms with Gasteiger partial charge < -0.3 is 0 Å². The molecule has 0 fully saturated rings. The Morgan fingerprint density at radius 3 is 2.70 bits per heavy atom. The highest BCUT2D eigenvalue weighted by atomic mass is 127. The number of hydrogen-bond acceptors (Lipinski definition) is 4. The van der Waals surface area contributed by atoms with Crippen LogP contribution in [0.4, 0.5) is 5.13 Å². The number of anilines is 1. The van der Waals surface area contributed by atoms with Gasteiger partial charge in [-0.3, -0.25) is 14.7 Å². The largest absolute Gasteiger partial charge is 0.279 e. The molecular weight excluding hydrogens is 493 g/mol. The number of carbonyl (C=O) groups excluding carboxylic acids is 1. The second-order valence-electron chi connectivity index (χ2n) is 5.82. The summed E-state index contributed by atoms with van der Waals surface area (Å²) in [6.45, 7) is 0.384. The summed E-state index contributed by atoms with van der Waals surface area (Å²) < 4.78 is 1.85. The summed E-state index contributed by atoms with van der Waals surface area (Å²) >= 11 is 9.92. The maximum atomic E-state index is 13.4. The lowest BCUT2D eigenvalue weighted by atomic mass is 10.2. The Kier molecular flexibility index (Phi) is 5.38. The van der Waals surface area contributed by atoms with Gasteiger partial charge in [0.25, 0.3) is 5.91 Å². The molecule has 1 amide bonds. The van der Waals surface area contributed by atoms with Crippen LogP contribution in [0.5, 0.6) is 0 Å². The Labute approximate surface area is 179 Å². The Bertz CT molecular complexity index is 1120. The molecule has 0 bridgehead atoms.